The number of carbonyl (C=O) groups excluding carboxylic acids is 2. The van der Waals surface area contributed by atoms with E-state index in [1.165, 1.54) is 16.3 Å². The summed E-state index contributed by atoms with van der Waals surface area (Å²) in [6, 6.07) is 7.60. The summed E-state index contributed by atoms with van der Waals surface area (Å²) in [6.07, 6.45) is 0.674. The van der Waals surface area contributed by atoms with Crippen molar-refractivity contribution < 1.29 is 14.3 Å². The van der Waals surface area contributed by atoms with Crippen LogP contribution in [0, 0.1) is 0 Å². The Balaban J connectivity index is 1.97. The van der Waals surface area contributed by atoms with Crippen LogP contribution in [0.4, 0.5) is 0 Å². The molecule has 2 amide bonds. The number of rotatable bonds is 4. The van der Waals surface area contributed by atoms with Crippen LogP contribution in [0.3, 0.4) is 0 Å². The minimum atomic E-state index is -0.0945. The topological polar surface area (TPSA) is 46.6 Å². The maximum Gasteiger partial charge on any atom is 0.239 e. The number of carbonyl (C=O) groups is 2. The van der Waals surface area contributed by atoms with E-state index < -0.39 is 0 Å². The first-order chi connectivity index (χ1) is 8.20. The molecule has 90 valence electrons. The lowest BCUT2D eigenvalue weighted by Crippen LogP contribution is -2.21. The van der Waals surface area contributed by atoms with Crippen LogP contribution >= 0.6 is 11.9 Å². The van der Waals surface area contributed by atoms with Crippen LogP contribution in [-0.2, 0) is 15.3 Å². The van der Waals surface area contributed by atoms with E-state index >= 15 is 0 Å². The van der Waals surface area contributed by atoms with Gasteiger partial charge in [-0.3, -0.25) is 9.59 Å². The van der Waals surface area contributed by atoms with Crippen LogP contribution < -0.4 is 4.74 Å². The van der Waals surface area contributed by atoms with Gasteiger partial charge in [-0.1, -0.05) is 12.1 Å². The molecule has 1 heterocycles. The Labute approximate surface area is 104 Å². The Morgan fingerprint density at radius 3 is 2.65 bits per heavy atom. The molecule has 0 aliphatic carbocycles. The van der Waals surface area contributed by atoms with Crippen LogP contribution in [0.15, 0.2) is 24.3 Å². The fourth-order valence-corrected chi connectivity index (χ4v) is 2.53. The van der Waals surface area contributed by atoms with Crippen molar-refractivity contribution in [2.24, 2.45) is 0 Å². The highest BCUT2D eigenvalue weighted by Gasteiger charge is 2.29. The van der Waals surface area contributed by atoms with Crippen molar-refractivity contribution in [1.82, 2.24) is 4.31 Å². The lowest BCUT2D eigenvalue weighted by molar-refractivity contribution is -0.131. The molecule has 1 aliphatic heterocycles. The van der Waals surface area contributed by atoms with E-state index in [9.17, 15) is 9.59 Å². The van der Waals surface area contributed by atoms with Crippen molar-refractivity contribution in [3.63, 3.8) is 0 Å². The van der Waals surface area contributed by atoms with Crippen molar-refractivity contribution in [2.45, 2.75) is 18.6 Å². The third kappa shape index (κ3) is 2.79. The number of ether oxygens (including phenoxy) is 1. The summed E-state index contributed by atoms with van der Waals surface area (Å²) in [5.41, 5.74) is 1.03. The number of imide groups is 1. The summed E-state index contributed by atoms with van der Waals surface area (Å²) in [4.78, 5) is 22.8. The molecule has 1 aromatic carbocycles. The standard InChI is InChI=1S/C12H13NO3S/c1-16-10-4-2-3-9(7-10)8-17-13-11(14)5-6-12(13)15/h2-4,7H,5-6,8H2,1H3. The number of benzene rings is 1. The molecule has 0 spiro atoms. The molecule has 5 heteroatoms. The Bertz CT molecular complexity index is 431. The first kappa shape index (κ1) is 12.0. The monoisotopic (exact) mass is 251 g/mol. The molecule has 17 heavy (non-hydrogen) atoms. The third-order valence-corrected chi connectivity index (χ3v) is 3.63. The Kier molecular flexibility index (Phi) is 3.68. The number of amides is 2. The van der Waals surface area contributed by atoms with E-state index in [4.69, 9.17) is 4.74 Å². The molecule has 0 N–H and O–H groups in total. The second-order valence-electron chi connectivity index (χ2n) is 3.71. The molecule has 1 fully saturated rings. The maximum absolute atomic E-state index is 11.4. The molecule has 2 rings (SSSR count). The Morgan fingerprint density at radius 2 is 2.00 bits per heavy atom. The molecule has 1 saturated heterocycles. The molecule has 0 aromatic heterocycles. The van der Waals surface area contributed by atoms with Gasteiger partial charge in [-0.2, -0.15) is 0 Å². The van der Waals surface area contributed by atoms with Gasteiger partial charge in [0.15, 0.2) is 0 Å². The minimum absolute atomic E-state index is 0.0945. The quantitative estimate of drug-likeness (QED) is 0.606. The smallest absolute Gasteiger partial charge is 0.239 e. The van der Waals surface area contributed by atoms with E-state index in [1.807, 2.05) is 24.3 Å². The first-order valence-electron chi connectivity index (χ1n) is 5.32. The maximum atomic E-state index is 11.4. The lowest BCUT2D eigenvalue weighted by Gasteiger charge is -2.12. The van der Waals surface area contributed by atoms with Crippen LogP contribution in [0.2, 0.25) is 0 Å². The van der Waals surface area contributed by atoms with Gasteiger partial charge in [0, 0.05) is 18.6 Å². The largest absolute Gasteiger partial charge is 0.497 e. The molecular formula is C12H13NO3S. The normalized spacial score (nSPS) is 15.5. The van der Waals surface area contributed by atoms with E-state index in [-0.39, 0.29) is 11.8 Å². The zero-order chi connectivity index (χ0) is 12.3. The molecule has 0 unspecified atom stereocenters. The summed E-state index contributed by atoms with van der Waals surface area (Å²) in [5.74, 6) is 1.18. The Hall–Kier alpha value is -1.49. The van der Waals surface area contributed by atoms with Crippen molar-refractivity contribution in [3.05, 3.63) is 29.8 Å². The fourth-order valence-electron chi connectivity index (χ4n) is 1.60. The summed E-state index contributed by atoms with van der Waals surface area (Å²) in [7, 11) is 1.61. The van der Waals surface area contributed by atoms with Gasteiger partial charge < -0.3 is 4.74 Å². The van der Waals surface area contributed by atoms with Gasteiger partial charge in [-0.05, 0) is 29.6 Å². The minimum Gasteiger partial charge on any atom is -0.497 e. The SMILES string of the molecule is COc1cccc(CSN2C(=O)CCC2=O)c1. The predicted octanol–water partition coefficient (Wildman–Crippen LogP) is 1.99. The van der Waals surface area contributed by atoms with E-state index in [2.05, 4.69) is 0 Å². The number of methoxy groups -OCH3 is 1. The van der Waals surface area contributed by atoms with E-state index in [0.29, 0.717) is 18.6 Å². The highest BCUT2D eigenvalue weighted by atomic mass is 32.2. The zero-order valence-corrected chi connectivity index (χ0v) is 10.3. The average Bonchev–Trinajstić information content (AvgIpc) is 2.67. The van der Waals surface area contributed by atoms with Crippen molar-refractivity contribution >= 4 is 23.8 Å². The molecular weight excluding hydrogens is 238 g/mol. The van der Waals surface area contributed by atoms with Crippen LogP contribution in [-0.4, -0.2) is 23.2 Å². The molecule has 0 bridgehead atoms. The number of nitrogens with zero attached hydrogens (tertiary/aromatic N) is 1. The summed E-state index contributed by atoms with van der Waals surface area (Å²) >= 11 is 1.25. The van der Waals surface area contributed by atoms with Crippen LogP contribution in [0.25, 0.3) is 0 Å². The van der Waals surface area contributed by atoms with Gasteiger partial charge in [-0.25, -0.2) is 4.31 Å². The van der Waals surface area contributed by atoms with Gasteiger partial charge in [0.1, 0.15) is 5.75 Å². The van der Waals surface area contributed by atoms with Gasteiger partial charge in [0.25, 0.3) is 0 Å². The first-order valence-corrected chi connectivity index (χ1v) is 6.26. The van der Waals surface area contributed by atoms with Crippen molar-refractivity contribution in [2.75, 3.05) is 7.11 Å². The lowest BCUT2D eigenvalue weighted by atomic mass is 10.2. The second-order valence-corrected chi connectivity index (χ2v) is 4.62. The summed E-state index contributed by atoms with van der Waals surface area (Å²) in [6.45, 7) is 0. The highest BCUT2D eigenvalue weighted by molar-refractivity contribution is 7.97. The van der Waals surface area contributed by atoms with Gasteiger partial charge in [0.05, 0.1) is 7.11 Å². The summed E-state index contributed by atoms with van der Waals surface area (Å²) in [5, 5.41) is 0. The fraction of sp³-hybridized carbons (Fsp3) is 0.333. The number of hydrogen-bond donors (Lipinski definition) is 0. The second kappa shape index (κ2) is 5.23. The van der Waals surface area contributed by atoms with E-state index in [0.717, 1.165) is 11.3 Å². The molecule has 1 aromatic rings. The van der Waals surface area contributed by atoms with Crippen molar-refractivity contribution in [3.8, 4) is 5.75 Å². The molecule has 0 atom stereocenters. The Morgan fingerprint density at radius 1 is 1.29 bits per heavy atom. The molecule has 0 saturated carbocycles. The van der Waals surface area contributed by atoms with Crippen LogP contribution in [0.1, 0.15) is 18.4 Å². The highest BCUT2D eigenvalue weighted by Crippen LogP contribution is 2.25. The average molecular weight is 251 g/mol. The van der Waals surface area contributed by atoms with Gasteiger partial charge in [0.2, 0.25) is 11.8 Å². The van der Waals surface area contributed by atoms with Crippen LogP contribution in [0.5, 0.6) is 5.75 Å². The van der Waals surface area contributed by atoms with E-state index in [1.54, 1.807) is 7.11 Å². The van der Waals surface area contributed by atoms with Crippen molar-refractivity contribution in [1.29, 1.82) is 0 Å². The summed E-state index contributed by atoms with van der Waals surface area (Å²) < 4.78 is 6.38. The molecule has 1 aliphatic rings. The predicted molar refractivity (Wildman–Crippen MR) is 65.4 cm³/mol. The zero-order valence-electron chi connectivity index (χ0n) is 9.51. The third-order valence-electron chi connectivity index (χ3n) is 2.50. The molecule has 4 nitrogen and oxygen atoms in total. The van der Waals surface area contributed by atoms with Gasteiger partial charge >= 0.3 is 0 Å². The molecule has 0 radical (unpaired) electrons. The number of hydrogen-bond acceptors (Lipinski definition) is 4. The van der Waals surface area contributed by atoms with Gasteiger partial charge in [-0.15, -0.1) is 0 Å².